The van der Waals surface area contributed by atoms with E-state index in [0.29, 0.717) is 15.6 Å². The van der Waals surface area contributed by atoms with Crippen LogP contribution in [-0.4, -0.2) is 15.9 Å². The maximum Gasteiger partial charge on any atom is 0.270 e. The highest BCUT2D eigenvalue weighted by Gasteiger charge is 2.07. The van der Waals surface area contributed by atoms with Crippen molar-refractivity contribution >= 4 is 51.0 Å². The number of fused-ring (bicyclic) bond motifs is 1. The third kappa shape index (κ3) is 2.50. The minimum absolute atomic E-state index is 0.156. The second-order valence-electron chi connectivity index (χ2n) is 3.83. The summed E-state index contributed by atoms with van der Waals surface area (Å²) in [5, 5.41) is 4.72. The maximum atomic E-state index is 11.2. The van der Waals surface area contributed by atoms with Gasteiger partial charge in [-0.1, -0.05) is 0 Å². The van der Waals surface area contributed by atoms with Gasteiger partial charge in [0.2, 0.25) is 5.28 Å². The van der Waals surface area contributed by atoms with Gasteiger partial charge in [-0.05, 0) is 45.7 Å². The fourth-order valence-electron chi connectivity index (χ4n) is 1.70. The summed E-state index contributed by atoms with van der Waals surface area (Å²) >= 11 is 9.08. The van der Waals surface area contributed by atoms with Gasteiger partial charge in [0.15, 0.2) is 0 Å². The highest BCUT2D eigenvalue weighted by atomic mass is 79.9. The van der Waals surface area contributed by atoms with Gasteiger partial charge in [-0.2, -0.15) is 4.98 Å². The molecule has 2 heterocycles. The fourth-order valence-corrected chi connectivity index (χ4v) is 2.13. The summed E-state index contributed by atoms with van der Waals surface area (Å²) in [4.78, 5) is 23.0. The largest absolute Gasteiger partial charge is 0.339 e. The Morgan fingerprint density at radius 3 is 3.00 bits per heavy atom. The van der Waals surface area contributed by atoms with E-state index in [1.165, 1.54) is 6.08 Å². The van der Waals surface area contributed by atoms with Gasteiger partial charge in [-0.15, -0.1) is 0 Å². The molecule has 7 heteroatoms. The number of carbonyl (C=O) groups is 1. The number of nitrogens with zero attached hydrogens (tertiary/aromatic N) is 3. The number of amides is 1. The van der Waals surface area contributed by atoms with Crippen molar-refractivity contribution in [1.82, 2.24) is 9.97 Å². The Bertz CT molecular complexity index is 806. The van der Waals surface area contributed by atoms with E-state index in [0.717, 1.165) is 10.9 Å². The predicted octanol–water partition coefficient (Wildman–Crippen LogP) is 1.58. The maximum absolute atomic E-state index is 11.2. The van der Waals surface area contributed by atoms with E-state index in [2.05, 4.69) is 36.2 Å². The monoisotopic (exact) mass is 336 g/mol. The molecule has 0 saturated carbocycles. The SMILES string of the molecule is O=C1C=c2cc(Nc3nc(Cl)ncc3Br)ccc2=N1. The molecule has 0 radical (unpaired) electrons. The van der Waals surface area contributed by atoms with Gasteiger partial charge >= 0.3 is 0 Å². The lowest BCUT2D eigenvalue weighted by Crippen LogP contribution is -2.21. The van der Waals surface area contributed by atoms with Gasteiger partial charge in [0, 0.05) is 23.2 Å². The van der Waals surface area contributed by atoms with Gasteiger partial charge in [0.05, 0.1) is 9.83 Å². The number of rotatable bonds is 2. The lowest BCUT2D eigenvalue weighted by Gasteiger charge is -2.06. The topological polar surface area (TPSA) is 67.2 Å². The number of benzene rings is 1. The van der Waals surface area contributed by atoms with Crippen LogP contribution in [0.1, 0.15) is 0 Å². The normalized spacial score (nSPS) is 12.6. The first kappa shape index (κ1) is 12.3. The Labute approximate surface area is 121 Å². The van der Waals surface area contributed by atoms with Gasteiger partial charge in [0.1, 0.15) is 5.82 Å². The molecule has 19 heavy (non-hydrogen) atoms. The van der Waals surface area contributed by atoms with Crippen molar-refractivity contribution in [2.75, 3.05) is 5.32 Å². The first-order chi connectivity index (χ1) is 9.11. The van der Waals surface area contributed by atoms with Crippen LogP contribution in [0.5, 0.6) is 0 Å². The molecule has 0 atom stereocenters. The average Bonchev–Trinajstić information content (AvgIpc) is 2.73. The predicted molar refractivity (Wildman–Crippen MR) is 74.7 cm³/mol. The molecule has 0 unspecified atom stereocenters. The molecule has 0 saturated heterocycles. The number of anilines is 2. The molecule has 1 aromatic carbocycles. The van der Waals surface area contributed by atoms with Crippen molar-refractivity contribution in [3.63, 3.8) is 0 Å². The summed E-state index contributed by atoms with van der Waals surface area (Å²) in [6.45, 7) is 0. The molecule has 5 nitrogen and oxygen atoms in total. The summed E-state index contributed by atoms with van der Waals surface area (Å²) < 4.78 is 0.696. The second-order valence-corrected chi connectivity index (χ2v) is 5.02. The van der Waals surface area contributed by atoms with Crippen molar-refractivity contribution in [2.24, 2.45) is 4.99 Å². The molecule has 3 rings (SSSR count). The number of hydrogen-bond donors (Lipinski definition) is 1. The molecular formula is C12H6BrClN4O. The zero-order chi connectivity index (χ0) is 13.4. The van der Waals surface area contributed by atoms with Crippen molar-refractivity contribution < 1.29 is 4.79 Å². The minimum atomic E-state index is -0.238. The minimum Gasteiger partial charge on any atom is -0.339 e. The lowest BCUT2D eigenvalue weighted by molar-refractivity contribution is -0.112. The van der Waals surface area contributed by atoms with E-state index in [9.17, 15) is 4.79 Å². The third-order valence-corrected chi connectivity index (χ3v) is 3.28. The Morgan fingerprint density at radius 2 is 2.16 bits per heavy atom. The standard InChI is InChI=1S/C12H6BrClN4O/c13-8-5-15-12(14)18-11(8)16-7-1-2-9-6(3-7)4-10(19)17-9/h1-5H,(H,15,16,18). The smallest absolute Gasteiger partial charge is 0.270 e. The fraction of sp³-hybridized carbons (Fsp3) is 0. The van der Waals surface area contributed by atoms with Crippen LogP contribution in [0.25, 0.3) is 6.08 Å². The van der Waals surface area contributed by atoms with Crippen LogP contribution in [0, 0.1) is 0 Å². The first-order valence-electron chi connectivity index (χ1n) is 5.31. The van der Waals surface area contributed by atoms with Crippen molar-refractivity contribution in [2.45, 2.75) is 0 Å². The molecule has 1 amide bonds. The van der Waals surface area contributed by atoms with Gasteiger partial charge in [-0.3, -0.25) is 4.79 Å². The molecular weight excluding hydrogens is 332 g/mol. The lowest BCUT2D eigenvalue weighted by atomic mass is 10.2. The van der Waals surface area contributed by atoms with Crippen LogP contribution in [-0.2, 0) is 4.79 Å². The van der Waals surface area contributed by atoms with Crippen molar-refractivity contribution in [3.8, 4) is 0 Å². The third-order valence-electron chi connectivity index (χ3n) is 2.51. The van der Waals surface area contributed by atoms with Crippen LogP contribution in [0.2, 0.25) is 5.28 Å². The Morgan fingerprint density at radius 1 is 1.32 bits per heavy atom. The van der Waals surface area contributed by atoms with Crippen LogP contribution < -0.4 is 15.9 Å². The molecule has 0 aliphatic carbocycles. The molecule has 1 N–H and O–H groups in total. The van der Waals surface area contributed by atoms with Gasteiger partial charge < -0.3 is 5.32 Å². The average molecular weight is 338 g/mol. The van der Waals surface area contributed by atoms with Crippen LogP contribution in [0.15, 0.2) is 33.9 Å². The molecule has 0 bridgehead atoms. The Balaban J connectivity index is 2.00. The molecule has 1 aliphatic rings. The molecule has 94 valence electrons. The number of carbonyl (C=O) groups excluding carboxylic acids is 1. The summed E-state index contributed by atoms with van der Waals surface area (Å²) in [6.07, 6.45) is 3.05. The van der Waals surface area contributed by atoms with Gasteiger partial charge in [0.25, 0.3) is 5.91 Å². The molecule has 1 aliphatic heterocycles. The number of hydrogen-bond acceptors (Lipinski definition) is 4. The van der Waals surface area contributed by atoms with E-state index in [1.807, 2.05) is 12.1 Å². The zero-order valence-electron chi connectivity index (χ0n) is 9.39. The highest BCUT2D eigenvalue weighted by Crippen LogP contribution is 2.23. The molecule has 1 aromatic heterocycles. The van der Waals surface area contributed by atoms with Crippen LogP contribution >= 0.6 is 27.5 Å². The van der Waals surface area contributed by atoms with Crippen molar-refractivity contribution in [3.05, 3.63) is 44.7 Å². The van der Waals surface area contributed by atoms with E-state index in [1.54, 1.807) is 12.3 Å². The van der Waals surface area contributed by atoms with E-state index < -0.39 is 0 Å². The van der Waals surface area contributed by atoms with E-state index >= 15 is 0 Å². The summed E-state index contributed by atoms with van der Waals surface area (Å²) in [5.41, 5.74) is 0.787. The molecule has 0 fully saturated rings. The molecule has 2 aromatic rings. The highest BCUT2D eigenvalue weighted by molar-refractivity contribution is 9.10. The Kier molecular flexibility index (Phi) is 3.04. The van der Waals surface area contributed by atoms with E-state index in [-0.39, 0.29) is 11.2 Å². The zero-order valence-corrected chi connectivity index (χ0v) is 11.7. The number of aromatic nitrogens is 2. The second kappa shape index (κ2) is 4.71. The Hall–Kier alpha value is -1.79. The number of nitrogens with one attached hydrogen (secondary N) is 1. The summed E-state index contributed by atoms with van der Waals surface area (Å²) in [7, 11) is 0. The van der Waals surface area contributed by atoms with Crippen LogP contribution in [0.3, 0.4) is 0 Å². The summed E-state index contributed by atoms with van der Waals surface area (Å²) in [5.74, 6) is 0.319. The first-order valence-corrected chi connectivity index (χ1v) is 6.48. The van der Waals surface area contributed by atoms with Crippen molar-refractivity contribution in [1.29, 1.82) is 0 Å². The van der Waals surface area contributed by atoms with E-state index in [4.69, 9.17) is 11.6 Å². The number of halogens is 2. The van der Waals surface area contributed by atoms with Gasteiger partial charge in [-0.25, -0.2) is 9.98 Å². The van der Waals surface area contributed by atoms with Crippen LogP contribution in [0.4, 0.5) is 11.5 Å². The summed E-state index contributed by atoms with van der Waals surface area (Å²) in [6, 6.07) is 5.42. The quantitative estimate of drug-likeness (QED) is 0.845. The molecule has 0 spiro atoms.